The van der Waals surface area contributed by atoms with E-state index in [2.05, 4.69) is 0 Å². The number of hydrogen-bond acceptors (Lipinski definition) is 2. The van der Waals surface area contributed by atoms with Gasteiger partial charge in [-0.15, -0.1) is 11.6 Å². The Morgan fingerprint density at radius 2 is 1.74 bits per heavy atom. The summed E-state index contributed by atoms with van der Waals surface area (Å²) in [5.74, 6) is 0.636. The number of ether oxygens (including phenoxy) is 1. The second kappa shape index (κ2) is 6.78. The topological polar surface area (TPSA) is 36.2 Å². The Balaban J connectivity index is 2.39. The number of unbranched alkanes of at least 4 members (excludes halogenated alkanes) is 1. The first-order valence-corrected chi connectivity index (χ1v) is 7.06. The normalized spacial score (nSPS) is 11.3. The number of methoxy groups -OCH3 is 1. The lowest BCUT2D eigenvalue weighted by Crippen LogP contribution is -2.25. The average molecular weight is 283 g/mol. The van der Waals surface area contributed by atoms with E-state index in [-0.39, 0.29) is 5.69 Å². The molecule has 2 aromatic rings. The Labute approximate surface area is 117 Å². The molecule has 2 rings (SSSR count). The minimum absolute atomic E-state index is 0.0350. The fourth-order valence-electron chi connectivity index (χ4n) is 2.25. The van der Waals surface area contributed by atoms with Crippen LogP contribution in [0.2, 0.25) is 0 Å². The van der Waals surface area contributed by atoms with E-state index in [9.17, 15) is 4.79 Å². The van der Waals surface area contributed by atoms with E-state index in [1.165, 1.54) is 0 Å². The molecule has 0 bridgehead atoms. The van der Waals surface area contributed by atoms with Gasteiger partial charge in [0, 0.05) is 19.5 Å². The maximum absolute atomic E-state index is 12.4. The third kappa shape index (κ3) is 3.01. The van der Waals surface area contributed by atoms with E-state index in [0.29, 0.717) is 25.6 Å². The lowest BCUT2D eigenvalue weighted by Gasteiger charge is -2.01. The summed E-state index contributed by atoms with van der Waals surface area (Å²) in [4.78, 5) is 12.4. The molecule has 0 saturated carbocycles. The van der Waals surface area contributed by atoms with Crippen molar-refractivity contribution in [1.82, 2.24) is 9.13 Å². The highest BCUT2D eigenvalue weighted by molar-refractivity contribution is 6.17. The third-order valence-electron chi connectivity index (χ3n) is 3.21. The van der Waals surface area contributed by atoms with E-state index in [4.69, 9.17) is 16.3 Å². The molecule has 0 aliphatic heterocycles. The van der Waals surface area contributed by atoms with Gasteiger partial charge in [-0.3, -0.25) is 9.13 Å². The van der Waals surface area contributed by atoms with Gasteiger partial charge in [0.05, 0.1) is 24.2 Å². The molecule has 19 heavy (non-hydrogen) atoms. The molecule has 0 aliphatic rings. The van der Waals surface area contributed by atoms with Gasteiger partial charge in [0.25, 0.3) is 0 Å². The maximum atomic E-state index is 12.4. The summed E-state index contributed by atoms with van der Waals surface area (Å²) in [6.45, 7) is 1.83. The van der Waals surface area contributed by atoms with Crippen LogP contribution in [0.5, 0.6) is 0 Å². The Kier molecular flexibility index (Phi) is 5.05. The highest BCUT2D eigenvalue weighted by atomic mass is 35.5. The number of nitrogens with zero attached hydrogens (tertiary/aromatic N) is 2. The molecule has 0 spiro atoms. The number of hydrogen-bond donors (Lipinski definition) is 0. The number of imidazole rings is 1. The standard InChI is InChI=1S/C14H19ClN2O2/c1-19-11-10-17-13-7-3-2-6-12(13)16(14(17)18)9-5-4-8-15/h2-3,6-7H,4-5,8-11H2,1H3. The molecule has 0 saturated heterocycles. The van der Waals surface area contributed by atoms with Crippen LogP contribution in [-0.2, 0) is 17.8 Å². The highest BCUT2D eigenvalue weighted by Crippen LogP contribution is 2.13. The second-order valence-electron chi connectivity index (χ2n) is 4.46. The highest BCUT2D eigenvalue weighted by Gasteiger charge is 2.11. The quantitative estimate of drug-likeness (QED) is 0.578. The number of para-hydroxylation sites is 2. The molecule has 4 nitrogen and oxygen atoms in total. The molecular weight excluding hydrogens is 264 g/mol. The van der Waals surface area contributed by atoms with Crippen molar-refractivity contribution >= 4 is 22.6 Å². The molecule has 104 valence electrons. The largest absolute Gasteiger partial charge is 0.383 e. The third-order valence-corrected chi connectivity index (χ3v) is 3.48. The number of fused-ring (bicyclic) bond motifs is 1. The fourth-order valence-corrected chi connectivity index (χ4v) is 2.44. The van der Waals surface area contributed by atoms with Gasteiger partial charge in [0.15, 0.2) is 0 Å². The molecule has 0 unspecified atom stereocenters. The summed E-state index contributed by atoms with van der Waals surface area (Å²) in [6, 6.07) is 7.87. The summed E-state index contributed by atoms with van der Waals surface area (Å²) >= 11 is 5.69. The van der Waals surface area contributed by atoms with Crippen molar-refractivity contribution in [3.05, 3.63) is 34.7 Å². The van der Waals surface area contributed by atoms with Crippen molar-refractivity contribution in [1.29, 1.82) is 0 Å². The van der Waals surface area contributed by atoms with Crippen LogP contribution in [0.3, 0.4) is 0 Å². The first-order valence-electron chi connectivity index (χ1n) is 6.52. The van der Waals surface area contributed by atoms with Crippen molar-refractivity contribution in [2.24, 2.45) is 0 Å². The summed E-state index contributed by atoms with van der Waals surface area (Å²) in [5.41, 5.74) is 1.99. The molecule has 1 aromatic carbocycles. The van der Waals surface area contributed by atoms with Crippen molar-refractivity contribution in [2.45, 2.75) is 25.9 Å². The molecular formula is C14H19ClN2O2. The van der Waals surface area contributed by atoms with Crippen molar-refractivity contribution in [3.8, 4) is 0 Å². The Morgan fingerprint density at radius 1 is 1.11 bits per heavy atom. The number of alkyl halides is 1. The minimum Gasteiger partial charge on any atom is -0.383 e. The van der Waals surface area contributed by atoms with Crippen LogP contribution in [0, 0.1) is 0 Å². The first-order chi connectivity index (χ1) is 9.29. The molecule has 0 atom stereocenters. The Morgan fingerprint density at radius 3 is 2.32 bits per heavy atom. The van der Waals surface area contributed by atoms with Gasteiger partial charge in [-0.05, 0) is 25.0 Å². The van der Waals surface area contributed by atoms with Crippen molar-refractivity contribution in [2.75, 3.05) is 19.6 Å². The van der Waals surface area contributed by atoms with Gasteiger partial charge in [-0.2, -0.15) is 0 Å². The van der Waals surface area contributed by atoms with Gasteiger partial charge in [-0.1, -0.05) is 12.1 Å². The summed E-state index contributed by atoms with van der Waals surface area (Å²) in [7, 11) is 1.64. The van der Waals surface area contributed by atoms with E-state index in [1.54, 1.807) is 11.7 Å². The minimum atomic E-state index is 0.0350. The van der Waals surface area contributed by atoms with Crippen molar-refractivity contribution < 1.29 is 4.74 Å². The van der Waals surface area contributed by atoms with Gasteiger partial charge >= 0.3 is 5.69 Å². The van der Waals surface area contributed by atoms with Crippen LogP contribution in [0.4, 0.5) is 0 Å². The molecule has 5 heteroatoms. The molecule has 0 amide bonds. The predicted octanol–water partition coefficient (Wildman–Crippen LogP) is 2.47. The molecule has 1 heterocycles. The smallest absolute Gasteiger partial charge is 0.329 e. The van der Waals surface area contributed by atoms with E-state index < -0.39 is 0 Å². The maximum Gasteiger partial charge on any atom is 0.329 e. The summed E-state index contributed by atoms with van der Waals surface area (Å²) in [6.07, 6.45) is 1.84. The Bertz CT molecular complexity index is 589. The molecule has 0 aliphatic carbocycles. The van der Waals surface area contributed by atoms with Crippen LogP contribution in [0.25, 0.3) is 11.0 Å². The van der Waals surface area contributed by atoms with Crippen LogP contribution < -0.4 is 5.69 Å². The van der Waals surface area contributed by atoms with Gasteiger partial charge < -0.3 is 4.74 Å². The zero-order valence-electron chi connectivity index (χ0n) is 11.1. The zero-order valence-corrected chi connectivity index (χ0v) is 11.9. The second-order valence-corrected chi connectivity index (χ2v) is 4.84. The zero-order chi connectivity index (χ0) is 13.7. The van der Waals surface area contributed by atoms with Crippen LogP contribution in [-0.4, -0.2) is 28.7 Å². The van der Waals surface area contributed by atoms with Crippen molar-refractivity contribution in [3.63, 3.8) is 0 Å². The molecule has 0 N–H and O–H groups in total. The number of halogens is 1. The van der Waals surface area contributed by atoms with Crippen LogP contribution in [0.1, 0.15) is 12.8 Å². The summed E-state index contributed by atoms with van der Waals surface area (Å²) < 4.78 is 8.68. The van der Waals surface area contributed by atoms with E-state index in [1.807, 2.05) is 28.8 Å². The fraction of sp³-hybridized carbons (Fsp3) is 0.500. The van der Waals surface area contributed by atoms with Crippen LogP contribution >= 0.6 is 11.6 Å². The lowest BCUT2D eigenvalue weighted by atomic mass is 10.3. The number of rotatable bonds is 7. The number of aryl methyl sites for hydroxylation is 1. The SMILES string of the molecule is COCCn1c(=O)n(CCCCCl)c2ccccc21. The van der Waals surface area contributed by atoms with Crippen LogP contribution in [0.15, 0.2) is 29.1 Å². The first kappa shape index (κ1) is 14.2. The van der Waals surface area contributed by atoms with E-state index >= 15 is 0 Å². The average Bonchev–Trinajstić information content (AvgIpc) is 2.70. The predicted molar refractivity (Wildman–Crippen MR) is 78.0 cm³/mol. The van der Waals surface area contributed by atoms with Gasteiger partial charge in [0.2, 0.25) is 0 Å². The lowest BCUT2D eigenvalue weighted by molar-refractivity contribution is 0.187. The number of aromatic nitrogens is 2. The molecule has 0 fully saturated rings. The monoisotopic (exact) mass is 282 g/mol. The molecule has 0 radical (unpaired) electrons. The molecule has 1 aromatic heterocycles. The Hall–Kier alpha value is -1.26. The van der Waals surface area contributed by atoms with Gasteiger partial charge in [0.1, 0.15) is 0 Å². The van der Waals surface area contributed by atoms with E-state index in [0.717, 1.165) is 23.9 Å². The summed E-state index contributed by atoms with van der Waals surface area (Å²) in [5, 5.41) is 0. The number of benzene rings is 1. The van der Waals surface area contributed by atoms with Gasteiger partial charge in [-0.25, -0.2) is 4.79 Å².